The number of hydrogen-bond acceptors (Lipinski definition) is 4. The molecule has 0 fully saturated rings. The molecule has 0 heterocycles. The van der Waals surface area contributed by atoms with E-state index in [1.54, 1.807) is 18.2 Å². The van der Waals surface area contributed by atoms with Gasteiger partial charge in [-0.2, -0.15) is 0 Å². The molecule has 104 valence electrons. The van der Waals surface area contributed by atoms with Crippen LogP contribution in [0.5, 0.6) is 0 Å². The van der Waals surface area contributed by atoms with E-state index < -0.39 is 0 Å². The van der Waals surface area contributed by atoms with Crippen LogP contribution < -0.4 is 21.7 Å². The van der Waals surface area contributed by atoms with Crippen molar-refractivity contribution in [1.29, 1.82) is 0 Å². The molecule has 0 aliphatic heterocycles. The standard InChI is InChI=1S/C13H20N4O2/c1-17(2)11-6-5-9(14)8-10(11)13(19)16-7-3-4-12(15)18/h5-6,8H,3-4,7,14H2,1-2H3,(H2,15,18)(H,16,19). The van der Waals surface area contributed by atoms with Gasteiger partial charge in [-0.3, -0.25) is 9.59 Å². The van der Waals surface area contributed by atoms with Gasteiger partial charge in [-0.1, -0.05) is 0 Å². The number of benzene rings is 1. The van der Waals surface area contributed by atoms with Crippen molar-refractivity contribution in [2.45, 2.75) is 12.8 Å². The zero-order valence-electron chi connectivity index (χ0n) is 11.3. The second-order valence-electron chi connectivity index (χ2n) is 4.50. The number of nitrogen functional groups attached to an aromatic ring is 1. The Morgan fingerprint density at radius 2 is 2.00 bits per heavy atom. The van der Waals surface area contributed by atoms with Gasteiger partial charge in [-0.25, -0.2) is 0 Å². The van der Waals surface area contributed by atoms with Crippen molar-refractivity contribution >= 4 is 23.2 Å². The number of nitrogens with two attached hydrogens (primary N) is 2. The first kappa shape index (κ1) is 14.8. The lowest BCUT2D eigenvalue weighted by Gasteiger charge is -2.17. The van der Waals surface area contributed by atoms with E-state index in [1.807, 2.05) is 19.0 Å². The summed E-state index contributed by atoms with van der Waals surface area (Å²) in [5.74, 6) is -0.576. The molecule has 0 bridgehead atoms. The van der Waals surface area contributed by atoms with E-state index >= 15 is 0 Å². The quantitative estimate of drug-likeness (QED) is 0.509. The second kappa shape index (κ2) is 6.63. The topological polar surface area (TPSA) is 101 Å². The molecule has 6 heteroatoms. The zero-order valence-corrected chi connectivity index (χ0v) is 11.3. The second-order valence-corrected chi connectivity index (χ2v) is 4.50. The Balaban J connectivity index is 2.70. The van der Waals surface area contributed by atoms with Gasteiger partial charge in [0, 0.05) is 38.4 Å². The Morgan fingerprint density at radius 3 is 2.58 bits per heavy atom. The van der Waals surface area contributed by atoms with Gasteiger partial charge in [0.2, 0.25) is 5.91 Å². The maximum atomic E-state index is 12.1. The van der Waals surface area contributed by atoms with Crippen molar-refractivity contribution in [2.24, 2.45) is 5.73 Å². The number of amides is 2. The Kier molecular flexibility index (Phi) is 5.17. The summed E-state index contributed by atoms with van der Waals surface area (Å²) >= 11 is 0. The van der Waals surface area contributed by atoms with Gasteiger partial charge in [-0.15, -0.1) is 0 Å². The molecule has 0 aliphatic rings. The minimum absolute atomic E-state index is 0.208. The number of carbonyl (C=O) groups is 2. The van der Waals surface area contributed by atoms with E-state index in [0.717, 1.165) is 5.69 Å². The van der Waals surface area contributed by atoms with Crippen molar-refractivity contribution in [2.75, 3.05) is 31.3 Å². The van der Waals surface area contributed by atoms with E-state index in [-0.39, 0.29) is 18.2 Å². The first-order chi connectivity index (χ1) is 8.91. The fraction of sp³-hybridized carbons (Fsp3) is 0.385. The number of anilines is 2. The van der Waals surface area contributed by atoms with Crippen LogP contribution >= 0.6 is 0 Å². The molecule has 0 atom stereocenters. The summed E-state index contributed by atoms with van der Waals surface area (Å²) in [5, 5.41) is 2.75. The summed E-state index contributed by atoms with van der Waals surface area (Å²) in [6, 6.07) is 5.19. The van der Waals surface area contributed by atoms with Gasteiger partial charge in [0.25, 0.3) is 5.91 Å². The lowest BCUT2D eigenvalue weighted by atomic mass is 10.1. The first-order valence-electron chi connectivity index (χ1n) is 6.05. The van der Waals surface area contributed by atoms with Crippen molar-refractivity contribution in [3.8, 4) is 0 Å². The van der Waals surface area contributed by atoms with Crippen LogP contribution in [0.15, 0.2) is 18.2 Å². The number of nitrogens with one attached hydrogen (secondary N) is 1. The molecule has 5 N–H and O–H groups in total. The van der Waals surface area contributed by atoms with E-state index in [9.17, 15) is 9.59 Å². The third-order valence-electron chi connectivity index (χ3n) is 2.63. The monoisotopic (exact) mass is 264 g/mol. The van der Waals surface area contributed by atoms with Gasteiger partial charge >= 0.3 is 0 Å². The highest BCUT2D eigenvalue weighted by atomic mass is 16.2. The maximum Gasteiger partial charge on any atom is 0.253 e. The summed E-state index contributed by atoms with van der Waals surface area (Å²) < 4.78 is 0. The lowest BCUT2D eigenvalue weighted by Crippen LogP contribution is -2.27. The molecule has 1 aromatic carbocycles. The first-order valence-corrected chi connectivity index (χ1v) is 6.05. The highest BCUT2D eigenvalue weighted by Crippen LogP contribution is 2.21. The van der Waals surface area contributed by atoms with E-state index in [1.165, 1.54) is 0 Å². The van der Waals surface area contributed by atoms with Crippen LogP contribution in [-0.2, 0) is 4.79 Å². The largest absolute Gasteiger partial charge is 0.399 e. The summed E-state index contributed by atoms with van der Waals surface area (Å²) in [5.41, 5.74) is 12.6. The average molecular weight is 264 g/mol. The fourth-order valence-electron chi connectivity index (χ4n) is 1.69. The van der Waals surface area contributed by atoms with Crippen LogP contribution in [0.4, 0.5) is 11.4 Å². The number of primary amides is 1. The predicted octanol–water partition coefficient (Wildman–Crippen LogP) is 0.330. The predicted molar refractivity (Wildman–Crippen MR) is 75.9 cm³/mol. The third-order valence-corrected chi connectivity index (χ3v) is 2.63. The average Bonchev–Trinajstić information content (AvgIpc) is 2.33. The van der Waals surface area contributed by atoms with Gasteiger partial charge in [0.15, 0.2) is 0 Å². The molecule has 0 saturated heterocycles. The summed E-state index contributed by atoms with van der Waals surface area (Å²) in [6.07, 6.45) is 0.790. The SMILES string of the molecule is CN(C)c1ccc(N)cc1C(=O)NCCCC(N)=O. The minimum atomic E-state index is -0.368. The number of hydrogen-bond donors (Lipinski definition) is 3. The van der Waals surface area contributed by atoms with Crippen LogP contribution in [0.1, 0.15) is 23.2 Å². The molecule has 2 amide bonds. The molecule has 6 nitrogen and oxygen atoms in total. The third kappa shape index (κ3) is 4.50. The smallest absolute Gasteiger partial charge is 0.253 e. The highest BCUT2D eigenvalue weighted by Gasteiger charge is 2.12. The molecule has 0 aromatic heterocycles. The van der Waals surface area contributed by atoms with Crippen LogP contribution in [0, 0.1) is 0 Å². The van der Waals surface area contributed by atoms with Crippen LogP contribution in [-0.4, -0.2) is 32.5 Å². The molecule has 0 spiro atoms. The van der Waals surface area contributed by atoms with Gasteiger partial charge in [0.05, 0.1) is 5.56 Å². The molecule has 1 aromatic rings. The number of rotatable bonds is 6. The Morgan fingerprint density at radius 1 is 1.32 bits per heavy atom. The minimum Gasteiger partial charge on any atom is -0.399 e. The van der Waals surface area contributed by atoms with Gasteiger partial charge in [0.1, 0.15) is 0 Å². The molecular formula is C13H20N4O2. The van der Waals surface area contributed by atoms with Crippen LogP contribution in [0.3, 0.4) is 0 Å². The maximum absolute atomic E-state index is 12.1. The van der Waals surface area contributed by atoms with Crippen molar-refractivity contribution in [3.05, 3.63) is 23.8 Å². The fourth-order valence-corrected chi connectivity index (χ4v) is 1.69. The summed E-state index contributed by atoms with van der Waals surface area (Å²) in [7, 11) is 3.71. The lowest BCUT2D eigenvalue weighted by molar-refractivity contribution is -0.118. The van der Waals surface area contributed by atoms with E-state index in [4.69, 9.17) is 11.5 Å². The van der Waals surface area contributed by atoms with Crippen LogP contribution in [0.25, 0.3) is 0 Å². The Bertz CT molecular complexity index is 472. The van der Waals surface area contributed by atoms with Crippen molar-refractivity contribution < 1.29 is 9.59 Å². The van der Waals surface area contributed by atoms with E-state index in [0.29, 0.717) is 24.2 Å². The summed E-state index contributed by atoms with van der Waals surface area (Å²) in [6.45, 7) is 0.406. The van der Waals surface area contributed by atoms with Gasteiger partial charge in [-0.05, 0) is 24.6 Å². The van der Waals surface area contributed by atoms with Crippen LogP contribution in [0.2, 0.25) is 0 Å². The highest BCUT2D eigenvalue weighted by molar-refractivity contribution is 6.00. The molecule has 0 aliphatic carbocycles. The molecule has 0 unspecified atom stereocenters. The Labute approximate surface area is 112 Å². The molecule has 0 saturated carbocycles. The molecule has 19 heavy (non-hydrogen) atoms. The molecular weight excluding hydrogens is 244 g/mol. The summed E-state index contributed by atoms with van der Waals surface area (Å²) in [4.78, 5) is 24.5. The number of carbonyl (C=O) groups excluding carboxylic acids is 2. The normalized spacial score (nSPS) is 10.0. The van der Waals surface area contributed by atoms with E-state index in [2.05, 4.69) is 5.32 Å². The number of nitrogens with zero attached hydrogens (tertiary/aromatic N) is 1. The Hall–Kier alpha value is -2.24. The van der Waals surface area contributed by atoms with Gasteiger partial charge < -0.3 is 21.7 Å². The van der Waals surface area contributed by atoms with Crippen molar-refractivity contribution in [3.63, 3.8) is 0 Å². The zero-order chi connectivity index (χ0) is 14.4. The molecule has 0 radical (unpaired) electrons. The van der Waals surface area contributed by atoms with Crippen molar-refractivity contribution in [1.82, 2.24) is 5.32 Å². The molecule has 1 rings (SSSR count).